The van der Waals surface area contributed by atoms with Crippen molar-refractivity contribution in [1.82, 2.24) is 15.2 Å². The third-order valence-corrected chi connectivity index (χ3v) is 4.21. The van der Waals surface area contributed by atoms with Crippen LogP contribution in [0, 0.1) is 11.6 Å². The van der Waals surface area contributed by atoms with Gasteiger partial charge in [0, 0.05) is 50.6 Å². The number of likely N-dealkylation sites (N-methyl/N-ethyl adjacent to an activating group) is 1. The van der Waals surface area contributed by atoms with Gasteiger partial charge in [0.2, 0.25) is 0 Å². The highest BCUT2D eigenvalue weighted by atomic mass is 19.1. The molecule has 1 aromatic heterocycles. The molecule has 0 atom stereocenters. The van der Waals surface area contributed by atoms with Gasteiger partial charge in [0.05, 0.1) is 0 Å². The molecule has 1 fully saturated rings. The number of benzene rings is 1. The summed E-state index contributed by atoms with van der Waals surface area (Å²) < 4.78 is 26.3. The largest absolute Gasteiger partial charge is 0.354 e. The second kappa shape index (κ2) is 7.57. The first-order valence-corrected chi connectivity index (χ1v) is 8.14. The van der Waals surface area contributed by atoms with Crippen LogP contribution in [0.15, 0.2) is 36.5 Å². The Balaban J connectivity index is 1.57. The summed E-state index contributed by atoms with van der Waals surface area (Å²) in [4.78, 5) is 20.9. The zero-order chi connectivity index (χ0) is 17.8. The van der Waals surface area contributed by atoms with E-state index in [2.05, 4.69) is 27.1 Å². The van der Waals surface area contributed by atoms with Gasteiger partial charge in [-0.1, -0.05) is 6.07 Å². The number of carbonyl (C=O) groups excluding carboxylic acids is 1. The van der Waals surface area contributed by atoms with Crippen LogP contribution in [0.5, 0.6) is 0 Å². The van der Waals surface area contributed by atoms with Gasteiger partial charge < -0.3 is 15.1 Å². The molecule has 0 spiro atoms. The molecule has 0 radical (unpaired) electrons. The molecule has 0 saturated carbocycles. The van der Waals surface area contributed by atoms with Crippen molar-refractivity contribution in [2.24, 2.45) is 0 Å². The van der Waals surface area contributed by atoms with Crippen molar-refractivity contribution in [3.05, 3.63) is 59.3 Å². The zero-order valence-corrected chi connectivity index (χ0v) is 14.0. The molecule has 1 saturated heterocycles. The summed E-state index contributed by atoms with van der Waals surface area (Å²) in [6.45, 7) is 4.12. The first-order chi connectivity index (χ1) is 12.0. The monoisotopic (exact) mass is 346 g/mol. The third kappa shape index (κ3) is 4.51. The number of halogens is 2. The average Bonchev–Trinajstić information content (AvgIpc) is 2.60. The van der Waals surface area contributed by atoms with Gasteiger partial charge in [-0.3, -0.25) is 4.79 Å². The lowest BCUT2D eigenvalue weighted by atomic mass is 10.2. The quantitative estimate of drug-likeness (QED) is 0.920. The van der Waals surface area contributed by atoms with Crippen molar-refractivity contribution in [3.8, 4) is 0 Å². The molecule has 0 aliphatic carbocycles. The van der Waals surface area contributed by atoms with Crippen LogP contribution in [0.1, 0.15) is 15.9 Å². The summed E-state index contributed by atoms with van der Waals surface area (Å²) in [5.41, 5.74) is 0.780. The number of nitrogens with one attached hydrogen (secondary N) is 1. The van der Waals surface area contributed by atoms with E-state index in [0.717, 1.165) is 55.8 Å². The van der Waals surface area contributed by atoms with Crippen LogP contribution in [0.3, 0.4) is 0 Å². The lowest BCUT2D eigenvalue weighted by Gasteiger charge is -2.33. The Hall–Kier alpha value is -2.54. The molecule has 0 unspecified atom stereocenters. The molecule has 25 heavy (non-hydrogen) atoms. The Bertz CT molecular complexity index is 723. The van der Waals surface area contributed by atoms with Crippen molar-refractivity contribution < 1.29 is 13.6 Å². The van der Waals surface area contributed by atoms with Crippen molar-refractivity contribution in [3.63, 3.8) is 0 Å². The predicted molar refractivity (Wildman–Crippen MR) is 91.5 cm³/mol. The number of piperazine rings is 1. The van der Waals surface area contributed by atoms with Gasteiger partial charge in [-0.25, -0.2) is 13.8 Å². The van der Waals surface area contributed by atoms with Gasteiger partial charge in [-0.05, 0) is 30.8 Å². The molecule has 1 amide bonds. The SMILES string of the molecule is CN1CCN(c2ccc(CNC(=O)c3cc(F)cc(F)c3)cn2)CC1. The summed E-state index contributed by atoms with van der Waals surface area (Å²) in [6, 6.07) is 6.57. The van der Waals surface area contributed by atoms with Crippen molar-refractivity contribution in [1.29, 1.82) is 0 Å². The molecule has 7 heteroatoms. The summed E-state index contributed by atoms with van der Waals surface area (Å²) in [5, 5.41) is 2.64. The summed E-state index contributed by atoms with van der Waals surface area (Å²) in [7, 11) is 2.10. The Morgan fingerprint density at radius 1 is 1.12 bits per heavy atom. The van der Waals surface area contributed by atoms with E-state index in [-0.39, 0.29) is 12.1 Å². The topological polar surface area (TPSA) is 48.5 Å². The first-order valence-electron chi connectivity index (χ1n) is 8.14. The standard InChI is InChI=1S/C18H20F2N4O/c1-23-4-6-24(7-5-23)17-3-2-13(11-21-17)12-22-18(25)14-8-15(19)10-16(20)9-14/h2-3,8-11H,4-7,12H2,1H3,(H,22,25). The number of amides is 1. The van der Waals surface area contributed by atoms with E-state index in [1.54, 1.807) is 6.20 Å². The number of nitrogens with zero attached hydrogens (tertiary/aromatic N) is 3. The van der Waals surface area contributed by atoms with E-state index in [4.69, 9.17) is 0 Å². The number of hydrogen-bond donors (Lipinski definition) is 1. The molecule has 0 bridgehead atoms. The fraction of sp³-hybridized carbons (Fsp3) is 0.333. The van der Waals surface area contributed by atoms with Crippen molar-refractivity contribution in [2.75, 3.05) is 38.1 Å². The molecule has 5 nitrogen and oxygen atoms in total. The van der Waals surface area contributed by atoms with Gasteiger partial charge >= 0.3 is 0 Å². The minimum atomic E-state index is -0.775. The van der Waals surface area contributed by atoms with E-state index >= 15 is 0 Å². The van der Waals surface area contributed by atoms with E-state index < -0.39 is 17.5 Å². The number of hydrogen-bond acceptors (Lipinski definition) is 4. The normalized spacial score (nSPS) is 15.2. The molecule has 132 valence electrons. The van der Waals surface area contributed by atoms with E-state index in [1.807, 2.05) is 12.1 Å². The number of anilines is 1. The lowest BCUT2D eigenvalue weighted by Crippen LogP contribution is -2.44. The second-order valence-corrected chi connectivity index (χ2v) is 6.16. The minimum absolute atomic E-state index is 0.0421. The van der Waals surface area contributed by atoms with Gasteiger partial charge in [0.25, 0.3) is 5.91 Å². The maximum Gasteiger partial charge on any atom is 0.251 e. The van der Waals surface area contributed by atoms with Gasteiger partial charge in [0.1, 0.15) is 17.5 Å². The zero-order valence-electron chi connectivity index (χ0n) is 14.0. The highest BCUT2D eigenvalue weighted by Gasteiger charge is 2.15. The third-order valence-electron chi connectivity index (χ3n) is 4.21. The van der Waals surface area contributed by atoms with E-state index in [9.17, 15) is 13.6 Å². The average molecular weight is 346 g/mol. The summed E-state index contributed by atoms with van der Waals surface area (Å²) in [5.74, 6) is -1.16. The number of carbonyl (C=O) groups is 1. The minimum Gasteiger partial charge on any atom is -0.354 e. The Kier molecular flexibility index (Phi) is 5.23. The number of aromatic nitrogens is 1. The predicted octanol–water partition coefficient (Wildman–Crippen LogP) is 2.04. The van der Waals surface area contributed by atoms with Crippen molar-refractivity contribution in [2.45, 2.75) is 6.54 Å². The molecule has 1 aliphatic heterocycles. The Morgan fingerprint density at radius 2 is 1.80 bits per heavy atom. The van der Waals surface area contributed by atoms with Crippen molar-refractivity contribution >= 4 is 11.7 Å². The van der Waals surface area contributed by atoms with Crippen LogP contribution in [0.25, 0.3) is 0 Å². The summed E-state index contributed by atoms with van der Waals surface area (Å²) in [6.07, 6.45) is 1.71. The van der Waals surface area contributed by atoms with Crippen LogP contribution in [0.2, 0.25) is 0 Å². The highest BCUT2D eigenvalue weighted by molar-refractivity contribution is 5.94. The molecule has 1 aromatic carbocycles. The van der Waals surface area contributed by atoms with Crippen LogP contribution in [0.4, 0.5) is 14.6 Å². The first kappa shape index (κ1) is 17.3. The summed E-state index contributed by atoms with van der Waals surface area (Å²) >= 11 is 0. The lowest BCUT2D eigenvalue weighted by molar-refractivity contribution is 0.0950. The van der Waals surface area contributed by atoms with Crippen LogP contribution in [-0.2, 0) is 6.54 Å². The van der Waals surface area contributed by atoms with E-state index in [0.29, 0.717) is 0 Å². The molecular formula is C18H20F2N4O. The maximum absolute atomic E-state index is 13.2. The van der Waals surface area contributed by atoms with Crippen LogP contribution < -0.4 is 10.2 Å². The van der Waals surface area contributed by atoms with Crippen LogP contribution in [-0.4, -0.2) is 49.0 Å². The fourth-order valence-electron chi connectivity index (χ4n) is 2.71. The fourth-order valence-corrected chi connectivity index (χ4v) is 2.71. The number of pyridine rings is 1. The maximum atomic E-state index is 13.2. The van der Waals surface area contributed by atoms with Gasteiger partial charge in [0.15, 0.2) is 0 Å². The molecule has 1 N–H and O–H groups in total. The number of rotatable bonds is 4. The second-order valence-electron chi connectivity index (χ2n) is 6.16. The Labute approximate surface area is 145 Å². The molecular weight excluding hydrogens is 326 g/mol. The molecule has 2 heterocycles. The molecule has 1 aliphatic rings. The molecule has 2 aromatic rings. The van der Waals surface area contributed by atoms with Gasteiger partial charge in [-0.2, -0.15) is 0 Å². The Morgan fingerprint density at radius 3 is 2.40 bits per heavy atom. The van der Waals surface area contributed by atoms with Gasteiger partial charge in [-0.15, -0.1) is 0 Å². The smallest absolute Gasteiger partial charge is 0.251 e. The molecule has 3 rings (SSSR count). The highest BCUT2D eigenvalue weighted by Crippen LogP contribution is 2.14. The van der Waals surface area contributed by atoms with E-state index in [1.165, 1.54) is 0 Å². The van der Waals surface area contributed by atoms with Crippen LogP contribution >= 0.6 is 0 Å².